The van der Waals surface area contributed by atoms with E-state index in [9.17, 15) is 8.78 Å². The number of halogens is 4. The number of ether oxygens (including phenoxy) is 1. The first-order valence-corrected chi connectivity index (χ1v) is 10.2. The molecule has 0 atom stereocenters. The van der Waals surface area contributed by atoms with Crippen LogP contribution in [0, 0.1) is 11.6 Å². The maximum absolute atomic E-state index is 13.7. The molecule has 3 aromatic rings. The Kier molecular flexibility index (Phi) is 9.69. The van der Waals surface area contributed by atoms with Crippen LogP contribution >= 0.6 is 24.8 Å². The number of methoxy groups -OCH3 is 1. The van der Waals surface area contributed by atoms with E-state index in [2.05, 4.69) is 27.3 Å². The van der Waals surface area contributed by atoms with Gasteiger partial charge in [-0.1, -0.05) is 0 Å². The molecule has 0 amide bonds. The van der Waals surface area contributed by atoms with Crippen molar-refractivity contribution < 1.29 is 13.5 Å². The molecule has 2 heterocycles. The van der Waals surface area contributed by atoms with Crippen molar-refractivity contribution in [3.63, 3.8) is 0 Å². The minimum Gasteiger partial charge on any atom is -0.497 e. The van der Waals surface area contributed by atoms with Crippen molar-refractivity contribution >= 4 is 30.5 Å². The standard InChI is InChI=1S/C24H25F2N3O.2ClH/c1-30-21-5-3-19(4-6-21)29(20-9-11-27-12-10-20)16-17-8-13-28-24(14-17)18-2-7-22(25)23(26)15-18;;/h2-8,13-15,20,27H,9-12,16H2,1H3;2*1H. The second-order valence-electron chi connectivity index (χ2n) is 7.49. The van der Waals surface area contributed by atoms with Crippen LogP contribution in [-0.2, 0) is 6.54 Å². The van der Waals surface area contributed by atoms with Gasteiger partial charge in [-0.3, -0.25) is 4.98 Å². The normalized spacial score (nSPS) is 13.6. The molecule has 1 N–H and O–H groups in total. The first-order chi connectivity index (χ1) is 14.6. The van der Waals surface area contributed by atoms with Gasteiger partial charge in [0.1, 0.15) is 5.75 Å². The summed E-state index contributed by atoms with van der Waals surface area (Å²) < 4.78 is 32.3. The quantitative estimate of drug-likeness (QED) is 0.494. The Hall–Kier alpha value is -2.41. The van der Waals surface area contributed by atoms with Crippen molar-refractivity contribution in [2.24, 2.45) is 0 Å². The van der Waals surface area contributed by atoms with Gasteiger partial charge >= 0.3 is 0 Å². The predicted molar refractivity (Wildman–Crippen MR) is 129 cm³/mol. The molecular formula is C24H27Cl2F2N3O. The van der Waals surface area contributed by atoms with Gasteiger partial charge in [0.2, 0.25) is 0 Å². The zero-order valence-electron chi connectivity index (χ0n) is 17.8. The molecule has 4 rings (SSSR count). The van der Waals surface area contributed by atoms with Crippen LogP contribution in [0.15, 0.2) is 60.8 Å². The Labute approximate surface area is 199 Å². The topological polar surface area (TPSA) is 37.4 Å². The number of aromatic nitrogens is 1. The first kappa shape index (κ1) is 25.8. The van der Waals surface area contributed by atoms with Crippen LogP contribution in [0.2, 0.25) is 0 Å². The molecule has 8 heteroatoms. The Morgan fingerprint density at radius 2 is 1.69 bits per heavy atom. The molecule has 0 saturated carbocycles. The van der Waals surface area contributed by atoms with Gasteiger partial charge in [0.05, 0.1) is 12.8 Å². The fourth-order valence-corrected chi connectivity index (χ4v) is 3.91. The van der Waals surface area contributed by atoms with Crippen molar-refractivity contribution in [1.82, 2.24) is 10.3 Å². The highest BCUT2D eigenvalue weighted by atomic mass is 35.5. The van der Waals surface area contributed by atoms with Gasteiger partial charge in [0, 0.05) is 30.0 Å². The molecule has 1 aliphatic rings. The van der Waals surface area contributed by atoms with E-state index in [0.29, 0.717) is 23.8 Å². The molecule has 0 bridgehead atoms. The van der Waals surface area contributed by atoms with E-state index in [1.165, 1.54) is 6.07 Å². The highest BCUT2D eigenvalue weighted by Gasteiger charge is 2.22. The van der Waals surface area contributed by atoms with E-state index in [1.807, 2.05) is 24.3 Å². The second-order valence-corrected chi connectivity index (χ2v) is 7.49. The third-order valence-corrected chi connectivity index (χ3v) is 5.55. The van der Waals surface area contributed by atoms with Crippen LogP contribution in [0.3, 0.4) is 0 Å². The molecule has 1 saturated heterocycles. The van der Waals surface area contributed by atoms with Crippen LogP contribution in [0.1, 0.15) is 18.4 Å². The predicted octanol–water partition coefficient (Wildman–Crippen LogP) is 5.64. The van der Waals surface area contributed by atoms with E-state index in [1.54, 1.807) is 19.4 Å². The van der Waals surface area contributed by atoms with Crippen molar-refractivity contribution in [1.29, 1.82) is 0 Å². The van der Waals surface area contributed by atoms with Gasteiger partial charge in [-0.25, -0.2) is 8.78 Å². The van der Waals surface area contributed by atoms with Gasteiger partial charge in [-0.05, 0) is 86.1 Å². The van der Waals surface area contributed by atoms with Crippen LogP contribution in [0.25, 0.3) is 11.3 Å². The zero-order valence-corrected chi connectivity index (χ0v) is 19.4. The van der Waals surface area contributed by atoms with Crippen LogP contribution in [-0.4, -0.2) is 31.2 Å². The van der Waals surface area contributed by atoms with Gasteiger partial charge in [0.25, 0.3) is 0 Å². The molecule has 172 valence electrons. The lowest BCUT2D eigenvalue weighted by Gasteiger charge is -2.36. The Morgan fingerprint density at radius 1 is 0.969 bits per heavy atom. The largest absolute Gasteiger partial charge is 0.497 e. The minimum absolute atomic E-state index is 0. The fraction of sp³-hybridized carbons (Fsp3) is 0.292. The lowest BCUT2D eigenvalue weighted by molar-refractivity contribution is 0.413. The Balaban J connectivity index is 0.00000181. The maximum Gasteiger partial charge on any atom is 0.159 e. The smallest absolute Gasteiger partial charge is 0.159 e. The summed E-state index contributed by atoms with van der Waals surface area (Å²) in [6, 6.07) is 16.3. The fourth-order valence-electron chi connectivity index (χ4n) is 3.91. The lowest BCUT2D eigenvalue weighted by atomic mass is 10.0. The highest BCUT2D eigenvalue weighted by Crippen LogP contribution is 2.28. The van der Waals surface area contributed by atoms with Crippen LogP contribution in [0.5, 0.6) is 5.75 Å². The molecule has 1 aliphatic heterocycles. The molecule has 0 unspecified atom stereocenters. The second kappa shape index (κ2) is 12.0. The van der Waals surface area contributed by atoms with Gasteiger partial charge < -0.3 is 15.0 Å². The van der Waals surface area contributed by atoms with Crippen molar-refractivity contribution in [2.45, 2.75) is 25.4 Å². The van der Waals surface area contributed by atoms with Crippen LogP contribution < -0.4 is 15.0 Å². The molecule has 0 radical (unpaired) electrons. The molecule has 4 nitrogen and oxygen atoms in total. The average Bonchev–Trinajstić information content (AvgIpc) is 2.80. The molecular weight excluding hydrogens is 455 g/mol. The van der Waals surface area contributed by atoms with Gasteiger partial charge in [-0.2, -0.15) is 0 Å². The molecule has 0 aliphatic carbocycles. The van der Waals surface area contributed by atoms with E-state index in [-0.39, 0.29) is 24.8 Å². The monoisotopic (exact) mass is 481 g/mol. The number of anilines is 1. The minimum atomic E-state index is -0.866. The summed E-state index contributed by atoms with van der Waals surface area (Å²) in [5.74, 6) is -0.894. The molecule has 0 spiro atoms. The lowest BCUT2D eigenvalue weighted by Crippen LogP contribution is -2.43. The van der Waals surface area contributed by atoms with Crippen molar-refractivity contribution in [3.8, 4) is 17.0 Å². The Bertz CT molecular complexity index is 999. The number of hydrogen-bond donors (Lipinski definition) is 1. The number of nitrogens with one attached hydrogen (secondary N) is 1. The average molecular weight is 482 g/mol. The van der Waals surface area contributed by atoms with Crippen molar-refractivity contribution in [2.75, 3.05) is 25.1 Å². The first-order valence-electron chi connectivity index (χ1n) is 10.2. The molecule has 1 aromatic heterocycles. The number of pyridine rings is 1. The summed E-state index contributed by atoms with van der Waals surface area (Å²) in [4.78, 5) is 6.77. The Morgan fingerprint density at radius 3 is 2.34 bits per heavy atom. The summed E-state index contributed by atoms with van der Waals surface area (Å²) in [5.41, 5.74) is 3.40. The number of rotatable bonds is 6. The maximum atomic E-state index is 13.7. The molecule has 2 aromatic carbocycles. The number of piperidine rings is 1. The van der Waals surface area contributed by atoms with E-state index < -0.39 is 11.6 Å². The summed E-state index contributed by atoms with van der Waals surface area (Å²) in [6.45, 7) is 2.69. The third kappa shape index (κ3) is 6.09. The SMILES string of the molecule is COc1ccc(N(Cc2ccnc(-c3ccc(F)c(F)c3)c2)C2CCNCC2)cc1.Cl.Cl. The van der Waals surface area contributed by atoms with Gasteiger partial charge in [0.15, 0.2) is 11.6 Å². The van der Waals surface area contributed by atoms with E-state index >= 15 is 0 Å². The highest BCUT2D eigenvalue weighted by molar-refractivity contribution is 5.85. The van der Waals surface area contributed by atoms with Gasteiger partial charge in [-0.15, -0.1) is 24.8 Å². The van der Waals surface area contributed by atoms with Crippen LogP contribution in [0.4, 0.5) is 14.5 Å². The van der Waals surface area contributed by atoms with Crippen molar-refractivity contribution in [3.05, 3.63) is 78.0 Å². The van der Waals surface area contributed by atoms with E-state index in [0.717, 1.165) is 49.0 Å². The number of nitrogens with zero attached hydrogens (tertiary/aromatic N) is 2. The number of benzene rings is 2. The van der Waals surface area contributed by atoms with E-state index in [4.69, 9.17) is 4.74 Å². The molecule has 1 fully saturated rings. The summed E-state index contributed by atoms with van der Waals surface area (Å²) in [6.07, 6.45) is 3.85. The third-order valence-electron chi connectivity index (χ3n) is 5.55. The molecule has 32 heavy (non-hydrogen) atoms. The summed E-state index contributed by atoms with van der Waals surface area (Å²) >= 11 is 0. The summed E-state index contributed by atoms with van der Waals surface area (Å²) in [7, 11) is 1.66. The summed E-state index contributed by atoms with van der Waals surface area (Å²) in [5, 5.41) is 3.42. The number of hydrogen-bond acceptors (Lipinski definition) is 4. The zero-order chi connectivity index (χ0) is 20.9.